The minimum absolute atomic E-state index is 0.0315. The molecule has 1 saturated carbocycles. The molecule has 1 aromatic carbocycles. The Bertz CT molecular complexity index is 385. The maximum absolute atomic E-state index is 9.73. The van der Waals surface area contributed by atoms with Crippen molar-refractivity contribution in [1.29, 1.82) is 0 Å². The molecule has 0 atom stereocenters. The number of aromatic hydroxyl groups is 1. The highest BCUT2D eigenvalue weighted by Gasteiger charge is 2.37. The average molecular weight is 226 g/mol. The molecule has 1 aliphatic carbocycles. The van der Waals surface area contributed by atoms with Crippen molar-refractivity contribution in [3.8, 4) is 5.75 Å². The van der Waals surface area contributed by atoms with Gasteiger partial charge in [-0.05, 0) is 55.9 Å². The van der Waals surface area contributed by atoms with E-state index < -0.39 is 0 Å². The van der Waals surface area contributed by atoms with Gasteiger partial charge in [0, 0.05) is 10.6 Å². The van der Waals surface area contributed by atoms with Gasteiger partial charge in [0.25, 0.3) is 0 Å². The molecule has 0 unspecified atom stereocenters. The summed E-state index contributed by atoms with van der Waals surface area (Å²) in [6.45, 7) is 1.89. The fourth-order valence-electron chi connectivity index (χ4n) is 1.70. The lowest BCUT2D eigenvalue weighted by Gasteiger charge is -2.10. The number of nitrogens with two attached hydrogens (primary N) is 1. The maximum Gasteiger partial charge on any atom is 0.119 e. The first-order chi connectivity index (χ1) is 7.00. The fourth-order valence-corrected chi connectivity index (χ4v) is 1.89. The quantitative estimate of drug-likeness (QED) is 0.831. The van der Waals surface area contributed by atoms with E-state index >= 15 is 0 Å². The van der Waals surface area contributed by atoms with Crippen LogP contribution >= 0.6 is 11.6 Å². The molecule has 82 valence electrons. The average Bonchev–Trinajstić information content (AvgIpc) is 2.89. The Hall–Kier alpha value is -0.730. The Morgan fingerprint density at radius 2 is 2.13 bits per heavy atom. The lowest BCUT2D eigenvalue weighted by atomic mass is 10.0. The van der Waals surface area contributed by atoms with Gasteiger partial charge in [-0.15, -0.1) is 0 Å². The molecule has 0 spiro atoms. The van der Waals surface area contributed by atoms with E-state index in [0.717, 1.165) is 36.8 Å². The lowest BCUT2D eigenvalue weighted by Crippen LogP contribution is -2.22. The van der Waals surface area contributed by atoms with Gasteiger partial charge in [0.15, 0.2) is 0 Å². The largest absolute Gasteiger partial charge is 0.508 e. The normalized spacial score (nSPS) is 17.8. The van der Waals surface area contributed by atoms with E-state index in [2.05, 4.69) is 0 Å². The third-order valence-electron chi connectivity index (χ3n) is 3.14. The van der Waals surface area contributed by atoms with Crippen LogP contribution in [0.3, 0.4) is 0 Å². The number of aryl methyl sites for hydroxylation is 2. The van der Waals surface area contributed by atoms with Crippen LogP contribution in [0.2, 0.25) is 5.02 Å². The topological polar surface area (TPSA) is 46.2 Å². The summed E-state index contributed by atoms with van der Waals surface area (Å²) >= 11 is 6.01. The zero-order valence-corrected chi connectivity index (χ0v) is 9.64. The van der Waals surface area contributed by atoms with Crippen LogP contribution in [0.5, 0.6) is 5.75 Å². The number of hydrogen-bond acceptors (Lipinski definition) is 2. The molecule has 0 aromatic heterocycles. The highest BCUT2D eigenvalue weighted by atomic mass is 35.5. The molecular formula is C12H16ClNO. The van der Waals surface area contributed by atoms with E-state index in [-0.39, 0.29) is 5.54 Å². The fraction of sp³-hybridized carbons (Fsp3) is 0.500. The van der Waals surface area contributed by atoms with Crippen LogP contribution in [0.1, 0.15) is 30.4 Å². The summed E-state index contributed by atoms with van der Waals surface area (Å²) in [6.07, 6.45) is 3.95. The van der Waals surface area contributed by atoms with Crippen LogP contribution in [-0.2, 0) is 6.42 Å². The van der Waals surface area contributed by atoms with Crippen molar-refractivity contribution in [2.75, 3.05) is 0 Å². The number of halogens is 1. The predicted molar refractivity (Wildman–Crippen MR) is 62.3 cm³/mol. The maximum atomic E-state index is 9.73. The molecule has 15 heavy (non-hydrogen) atoms. The molecule has 1 fully saturated rings. The van der Waals surface area contributed by atoms with Crippen molar-refractivity contribution < 1.29 is 5.11 Å². The van der Waals surface area contributed by atoms with Crippen molar-refractivity contribution >= 4 is 11.6 Å². The first-order valence-electron chi connectivity index (χ1n) is 5.27. The predicted octanol–water partition coefficient (Wildman–Crippen LogP) is 2.78. The smallest absolute Gasteiger partial charge is 0.119 e. The SMILES string of the molecule is Cc1cc(O)c(CCC2(N)CC2)cc1Cl. The summed E-state index contributed by atoms with van der Waals surface area (Å²) in [7, 11) is 0. The van der Waals surface area contributed by atoms with Gasteiger partial charge >= 0.3 is 0 Å². The van der Waals surface area contributed by atoms with Crippen LogP contribution in [0.4, 0.5) is 0 Å². The molecule has 0 aliphatic heterocycles. The molecule has 2 nitrogen and oxygen atoms in total. The Balaban J connectivity index is 2.10. The molecule has 0 amide bonds. The number of rotatable bonds is 3. The van der Waals surface area contributed by atoms with Crippen LogP contribution < -0.4 is 5.73 Å². The second-order valence-electron chi connectivity index (χ2n) is 4.59. The second kappa shape index (κ2) is 3.69. The molecule has 0 bridgehead atoms. The van der Waals surface area contributed by atoms with Crippen LogP contribution in [0, 0.1) is 6.92 Å². The van der Waals surface area contributed by atoms with Crippen LogP contribution in [-0.4, -0.2) is 10.6 Å². The first kappa shape index (κ1) is 10.8. The zero-order chi connectivity index (χ0) is 11.1. The standard InChI is InChI=1S/C12H16ClNO/c1-8-6-11(15)9(7-10(8)13)2-3-12(14)4-5-12/h6-7,15H,2-5,14H2,1H3. The van der Waals surface area contributed by atoms with Crippen molar-refractivity contribution in [2.24, 2.45) is 5.73 Å². The number of phenols is 1. The van der Waals surface area contributed by atoms with Crippen molar-refractivity contribution in [1.82, 2.24) is 0 Å². The van der Waals surface area contributed by atoms with Crippen LogP contribution in [0.15, 0.2) is 12.1 Å². The van der Waals surface area contributed by atoms with Gasteiger partial charge in [-0.3, -0.25) is 0 Å². The Kier molecular flexibility index (Phi) is 2.65. The minimum atomic E-state index is 0.0315. The van der Waals surface area contributed by atoms with E-state index in [1.165, 1.54) is 0 Å². The van der Waals surface area contributed by atoms with E-state index in [9.17, 15) is 5.11 Å². The second-order valence-corrected chi connectivity index (χ2v) is 5.00. The third-order valence-corrected chi connectivity index (χ3v) is 3.55. The highest BCUT2D eigenvalue weighted by Crippen LogP contribution is 2.37. The van der Waals surface area contributed by atoms with E-state index in [0.29, 0.717) is 10.8 Å². The van der Waals surface area contributed by atoms with Crippen molar-refractivity contribution in [3.63, 3.8) is 0 Å². The van der Waals surface area contributed by atoms with Gasteiger partial charge in [0.2, 0.25) is 0 Å². The molecule has 3 N–H and O–H groups in total. The highest BCUT2D eigenvalue weighted by molar-refractivity contribution is 6.31. The molecule has 0 saturated heterocycles. The number of phenolic OH excluding ortho intramolecular Hbond substituents is 1. The molecule has 2 rings (SSSR count). The summed E-state index contributed by atoms with van der Waals surface area (Å²) in [5.74, 6) is 0.334. The summed E-state index contributed by atoms with van der Waals surface area (Å²) in [5, 5.41) is 10.4. The van der Waals surface area contributed by atoms with E-state index in [1.54, 1.807) is 6.07 Å². The van der Waals surface area contributed by atoms with E-state index in [1.807, 2.05) is 13.0 Å². The molecule has 0 radical (unpaired) electrons. The monoisotopic (exact) mass is 225 g/mol. The minimum Gasteiger partial charge on any atom is -0.508 e. The van der Waals surface area contributed by atoms with Crippen LogP contribution in [0.25, 0.3) is 0 Å². The summed E-state index contributed by atoms with van der Waals surface area (Å²) < 4.78 is 0. The molecule has 1 aromatic rings. The lowest BCUT2D eigenvalue weighted by molar-refractivity contribution is 0.464. The summed E-state index contributed by atoms with van der Waals surface area (Å²) in [4.78, 5) is 0. The molecule has 0 heterocycles. The Labute approximate surface area is 95.1 Å². The van der Waals surface area contributed by atoms with Gasteiger partial charge in [0.05, 0.1) is 0 Å². The number of benzene rings is 1. The van der Waals surface area contributed by atoms with Gasteiger partial charge in [-0.1, -0.05) is 11.6 Å². The van der Waals surface area contributed by atoms with Gasteiger partial charge < -0.3 is 10.8 Å². The Morgan fingerprint density at radius 3 is 2.73 bits per heavy atom. The molecule has 3 heteroatoms. The Morgan fingerprint density at radius 1 is 1.47 bits per heavy atom. The zero-order valence-electron chi connectivity index (χ0n) is 8.89. The third kappa shape index (κ3) is 2.44. The van der Waals surface area contributed by atoms with E-state index in [4.69, 9.17) is 17.3 Å². The van der Waals surface area contributed by atoms with Crippen molar-refractivity contribution in [3.05, 3.63) is 28.3 Å². The summed E-state index contributed by atoms with van der Waals surface area (Å²) in [5.41, 5.74) is 7.84. The van der Waals surface area contributed by atoms with Gasteiger partial charge in [-0.2, -0.15) is 0 Å². The van der Waals surface area contributed by atoms with Crippen molar-refractivity contribution in [2.45, 2.75) is 38.1 Å². The number of hydrogen-bond donors (Lipinski definition) is 2. The summed E-state index contributed by atoms with van der Waals surface area (Å²) in [6, 6.07) is 3.56. The van der Waals surface area contributed by atoms with Gasteiger partial charge in [-0.25, -0.2) is 0 Å². The molecule has 1 aliphatic rings. The molecular weight excluding hydrogens is 210 g/mol. The van der Waals surface area contributed by atoms with Gasteiger partial charge in [0.1, 0.15) is 5.75 Å². The first-order valence-corrected chi connectivity index (χ1v) is 5.65.